The van der Waals surface area contributed by atoms with E-state index in [9.17, 15) is 5.11 Å². The lowest BCUT2D eigenvalue weighted by Crippen LogP contribution is -2.32. The van der Waals surface area contributed by atoms with Crippen molar-refractivity contribution >= 4 is 16.6 Å². The van der Waals surface area contributed by atoms with Crippen LogP contribution in [0.15, 0.2) is 30.5 Å². The summed E-state index contributed by atoms with van der Waals surface area (Å²) in [6.45, 7) is 3.69. The molecule has 1 fully saturated rings. The lowest BCUT2D eigenvalue weighted by Gasteiger charge is -2.24. The van der Waals surface area contributed by atoms with Crippen molar-refractivity contribution in [3.8, 4) is 5.75 Å². The summed E-state index contributed by atoms with van der Waals surface area (Å²) < 4.78 is 5.76. The highest BCUT2D eigenvalue weighted by atomic mass is 16.5. The fraction of sp³-hybridized carbons (Fsp3) is 0.400. The Kier molecular flexibility index (Phi) is 3.03. The number of hydrogen-bond acceptors (Lipinski definition) is 4. The predicted molar refractivity (Wildman–Crippen MR) is 75.5 cm³/mol. The largest absolute Gasteiger partial charge is 0.508 e. The Morgan fingerprint density at radius 2 is 2.32 bits per heavy atom. The second-order valence-corrected chi connectivity index (χ2v) is 5.32. The van der Waals surface area contributed by atoms with Gasteiger partial charge >= 0.3 is 0 Å². The van der Waals surface area contributed by atoms with Crippen molar-refractivity contribution in [2.75, 3.05) is 18.5 Å². The van der Waals surface area contributed by atoms with E-state index in [1.807, 2.05) is 12.1 Å². The molecule has 0 aliphatic carbocycles. The molecule has 1 aromatic heterocycles. The number of aromatic nitrogens is 1. The molecule has 4 nitrogen and oxygen atoms in total. The SMILES string of the molecule is CC1(CNc2nccc3ccc(O)cc23)CCCO1. The van der Waals surface area contributed by atoms with Crippen molar-refractivity contribution in [3.05, 3.63) is 30.5 Å². The molecule has 0 saturated carbocycles. The lowest BCUT2D eigenvalue weighted by molar-refractivity contribution is 0.0315. The molecule has 1 aliphatic rings. The van der Waals surface area contributed by atoms with Gasteiger partial charge < -0.3 is 15.2 Å². The Labute approximate surface area is 112 Å². The van der Waals surface area contributed by atoms with Crippen LogP contribution in [-0.2, 0) is 4.74 Å². The van der Waals surface area contributed by atoms with Crippen LogP contribution in [0.2, 0.25) is 0 Å². The number of fused-ring (bicyclic) bond motifs is 1. The van der Waals surface area contributed by atoms with E-state index >= 15 is 0 Å². The maximum Gasteiger partial charge on any atom is 0.134 e. The minimum absolute atomic E-state index is 0.110. The number of hydrogen-bond donors (Lipinski definition) is 2. The first-order chi connectivity index (χ1) is 9.16. The molecule has 100 valence electrons. The Balaban J connectivity index is 1.86. The zero-order valence-corrected chi connectivity index (χ0v) is 11.0. The molecule has 1 atom stereocenters. The van der Waals surface area contributed by atoms with Gasteiger partial charge in [0.2, 0.25) is 0 Å². The van der Waals surface area contributed by atoms with Gasteiger partial charge in [0.15, 0.2) is 0 Å². The van der Waals surface area contributed by atoms with E-state index in [0.29, 0.717) is 0 Å². The first-order valence-electron chi connectivity index (χ1n) is 6.62. The number of aromatic hydroxyl groups is 1. The second kappa shape index (κ2) is 4.70. The average molecular weight is 258 g/mol. The van der Waals surface area contributed by atoms with Crippen LogP contribution in [0, 0.1) is 0 Å². The molecule has 0 radical (unpaired) electrons. The molecule has 1 saturated heterocycles. The van der Waals surface area contributed by atoms with Crippen molar-refractivity contribution in [3.63, 3.8) is 0 Å². The number of phenols is 1. The monoisotopic (exact) mass is 258 g/mol. The molecule has 2 aromatic rings. The Morgan fingerprint density at radius 1 is 1.42 bits per heavy atom. The number of pyridine rings is 1. The quantitative estimate of drug-likeness (QED) is 0.888. The topological polar surface area (TPSA) is 54.4 Å². The zero-order chi connectivity index (χ0) is 13.3. The molecule has 0 bridgehead atoms. The molecular weight excluding hydrogens is 240 g/mol. The van der Waals surface area contributed by atoms with Crippen molar-refractivity contribution in [2.24, 2.45) is 0 Å². The molecule has 2 heterocycles. The van der Waals surface area contributed by atoms with Gasteiger partial charge in [0.05, 0.1) is 5.60 Å². The normalized spacial score (nSPS) is 22.8. The molecule has 4 heteroatoms. The number of anilines is 1. The van der Waals surface area contributed by atoms with Crippen LogP contribution in [0.5, 0.6) is 5.75 Å². The van der Waals surface area contributed by atoms with Gasteiger partial charge in [0.1, 0.15) is 11.6 Å². The lowest BCUT2D eigenvalue weighted by atomic mass is 10.0. The number of benzene rings is 1. The minimum atomic E-state index is -0.110. The van der Waals surface area contributed by atoms with Crippen molar-refractivity contribution in [1.29, 1.82) is 0 Å². The molecule has 3 rings (SSSR count). The average Bonchev–Trinajstić information content (AvgIpc) is 2.84. The van der Waals surface area contributed by atoms with Crippen molar-refractivity contribution in [2.45, 2.75) is 25.4 Å². The Morgan fingerprint density at radius 3 is 3.11 bits per heavy atom. The maximum atomic E-state index is 9.60. The fourth-order valence-corrected chi connectivity index (χ4v) is 2.54. The summed E-state index contributed by atoms with van der Waals surface area (Å²) in [4.78, 5) is 4.36. The van der Waals surface area contributed by atoms with Gasteiger partial charge in [-0.2, -0.15) is 0 Å². The number of phenolic OH excluding ortho intramolecular Hbond substituents is 1. The third kappa shape index (κ3) is 2.49. The van der Waals surface area contributed by atoms with E-state index in [4.69, 9.17) is 4.74 Å². The second-order valence-electron chi connectivity index (χ2n) is 5.32. The fourth-order valence-electron chi connectivity index (χ4n) is 2.54. The van der Waals surface area contributed by atoms with Crippen LogP contribution in [0.25, 0.3) is 10.8 Å². The zero-order valence-electron chi connectivity index (χ0n) is 11.0. The smallest absolute Gasteiger partial charge is 0.134 e. The van der Waals surface area contributed by atoms with Crippen LogP contribution in [0.4, 0.5) is 5.82 Å². The van der Waals surface area contributed by atoms with Gasteiger partial charge in [-0.1, -0.05) is 6.07 Å². The summed E-state index contributed by atoms with van der Waals surface area (Å²) in [7, 11) is 0. The molecule has 1 aliphatic heterocycles. The standard InChI is InChI=1S/C15H18N2O2/c1-15(6-2-8-19-15)10-17-14-13-9-12(18)4-3-11(13)5-7-16-14/h3-5,7,9,18H,2,6,8,10H2,1H3,(H,16,17). The highest BCUT2D eigenvalue weighted by Crippen LogP contribution is 2.28. The molecule has 2 N–H and O–H groups in total. The van der Waals surface area contributed by atoms with Gasteiger partial charge in [0, 0.05) is 24.7 Å². The van der Waals surface area contributed by atoms with E-state index < -0.39 is 0 Å². The highest BCUT2D eigenvalue weighted by Gasteiger charge is 2.29. The number of ether oxygens (including phenoxy) is 1. The van der Waals surface area contributed by atoms with Crippen LogP contribution in [-0.4, -0.2) is 28.8 Å². The summed E-state index contributed by atoms with van der Waals surface area (Å²) in [5, 5.41) is 15.0. The summed E-state index contributed by atoms with van der Waals surface area (Å²) in [6.07, 6.45) is 3.96. The molecule has 0 spiro atoms. The van der Waals surface area contributed by atoms with E-state index in [-0.39, 0.29) is 11.4 Å². The molecule has 19 heavy (non-hydrogen) atoms. The van der Waals surface area contributed by atoms with Crippen LogP contribution in [0.1, 0.15) is 19.8 Å². The van der Waals surface area contributed by atoms with Crippen molar-refractivity contribution < 1.29 is 9.84 Å². The first-order valence-corrected chi connectivity index (χ1v) is 6.62. The van der Waals surface area contributed by atoms with Crippen LogP contribution >= 0.6 is 0 Å². The Hall–Kier alpha value is -1.81. The number of rotatable bonds is 3. The van der Waals surface area contributed by atoms with Crippen molar-refractivity contribution in [1.82, 2.24) is 4.98 Å². The predicted octanol–water partition coefficient (Wildman–Crippen LogP) is 2.92. The number of nitrogens with zero attached hydrogens (tertiary/aromatic N) is 1. The molecule has 1 aromatic carbocycles. The summed E-state index contributed by atoms with van der Waals surface area (Å²) in [5.74, 6) is 1.05. The molecule has 1 unspecified atom stereocenters. The van der Waals surface area contributed by atoms with Crippen LogP contribution in [0.3, 0.4) is 0 Å². The first kappa shape index (κ1) is 12.2. The van der Waals surface area contributed by atoms with Gasteiger partial charge in [-0.3, -0.25) is 0 Å². The third-order valence-electron chi connectivity index (χ3n) is 3.68. The van der Waals surface area contributed by atoms with E-state index in [1.165, 1.54) is 0 Å². The summed E-state index contributed by atoms with van der Waals surface area (Å²) in [6, 6.07) is 7.26. The maximum absolute atomic E-state index is 9.60. The van der Waals surface area contributed by atoms with Gasteiger partial charge in [-0.25, -0.2) is 4.98 Å². The van der Waals surface area contributed by atoms with Gasteiger partial charge in [-0.15, -0.1) is 0 Å². The highest BCUT2D eigenvalue weighted by molar-refractivity contribution is 5.92. The number of nitrogens with one attached hydrogen (secondary N) is 1. The molecule has 0 amide bonds. The van der Waals surface area contributed by atoms with E-state index in [0.717, 1.165) is 42.6 Å². The summed E-state index contributed by atoms with van der Waals surface area (Å²) >= 11 is 0. The Bertz CT molecular complexity index is 592. The summed E-state index contributed by atoms with van der Waals surface area (Å²) in [5.41, 5.74) is -0.110. The van der Waals surface area contributed by atoms with E-state index in [1.54, 1.807) is 18.3 Å². The van der Waals surface area contributed by atoms with Gasteiger partial charge in [-0.05, 0) is 43.4 Å². The minimum Gasteiger partial charge on any atom is -0.508 e. The van der Waals surface area contributed by atoms with Crippen LogP contribution < -0.4 is 5.32 Å². The molecular formula is C15H18N2O2. The van der Waals surface area contributed by atoms with Gasteiger partial charge in [0.25, 0.3) is 0 Å². The van der Waals surface area contributed by atoms with E-state index in [2.05, 4.69) is 17.2 Å². The third-order valence-corrected chi connectivity index (χ3v) is 3.68.